The molecule has 14 nitrogen and oxygen atoms in total. The van der Waals surface area contributed by atoms with Crippen LogP contribution in [0.2, 0.25) is 0 Å². The van der Waals surface area contributed by atoms with Crippen molar-refractivity contribution in [2.45, 2.75) is 42.7 Å². The van der Waals surface area contributed by atoms with Gasteiger partial charge in [0.25, 0.3) is 11.3 Å². The molecule has 0 aliphatic carbocycles. The molecular formula is C35H36N2O12. The molecule has 0 radical (unpaired) electrons. The molecule has 1 saturated heterocycles. The number of rotatable bonds is 14. The number of nitrogens with zero attached hydrogens (tertiary/aromatic N) is 1. The molecule has 0 saturated carbocycles. The predicted molar refractivity (Wildman–Crippen MR) is 172 cm³/mol. The largest absolute Gasteiger partial charge is 0.497 e. The zero-order valence-electron chi connectivity index (χ0n) is 26.9. The lowest BCUT2D eigenvalue weighted by atomic mass is 9.80. The Morgan fingerprint density at radius 2 is 1.43 bits per heavy atom. The maximum absolute atomic E-state index is 12.9. The Bertz CT molecular complexity index is 1810. The van der Waals surface area contributed by atoms with Crippen LogP contribution in [-0.4, -0.2) is 77.6 Å². The fourth-order valence-electron chi connectivity index (χ4n) is 5.81. The van der Waals surface area contributed by atoms with Crippen molar-refractivity contribution in [3.8, 4) is 11.5 Å². The van der Waals surface area contributed by atoms with Gasteiger partial charge in [-0.05, 0) is 41.0 Å². The molecule has 1 aliphatic rings. The minimum atomic E-state index is -2.50. The first-order valence-corrected chi connectivity index (χ1v) is 15.2. The molecule has 0 amide bonds. The van der Waals surface area contributed by atoms with Gasteiger partial charge in [0, 0.05) is 19.4 Å². The fourth-order valence-corrected chi connectivity index (χ4v) is 5.81. The van der Waals surface area contributed by atoms with Gasteiger partial charge in [0.05, 0.1) is 33.7 Å². The summed E-state index contributed by atoms with van der Waals surface area (Å²) in [5, 5.41) is 21.0. The van der Waals surface area contributed by atoms with Crippen LogP contribution in [0.5, 0.6) is 11.5 Å². The molecule has 14 heteroatoms. The molecule has 0 bridgehead atoms. The second kappa shape index (κ2) is 14.9. The number of carbonyl (C=O) groups is 2. The standard InChI is InChI=1S/C35H36N2O12/c1-44-25-13-9-23(10-14-25)34(22-7-5-4-6-8-22,24-11-15-26(45-2)16-12-24)47-21-27-31(49-30(41)18-17-29(39)40)35(43,46-3)32(48-27)37-20-19-28(38)36-33(37)42/h4-16,19-20,27,31-32,43H,17-18,21H2,1-3H3,(H,39,40)(H,36,38,42)/t27-,31-,32-,35+/m1/s1. The summed E-state index contributed by atoms with van der Waals surface area (Å²) in [5.74, 6) is -3.49. The van der Waals surface area contributed by atoms with Crippen molar-refractivity contribution in [1.29, 1.82) is 0 Å². The Balaban J connectivity index is 1.63. The number of carboxylic acid groups (broad SMARTS) is 1. The quantitative estimate of drug-likeness (QED) is 0.101. The second-order valence-corrected chi connectivity index (χ2v) is 11.1. The summed E-state index contributed by atoms with van der Waals surface area (Å²) < 4.78 is 35.9. The van der Waals surface area contributed by atoms with Gasteiger partial charge in [0.15, 0.2) is 12.3 Å². The summed E-state index contributed by atoms with van der Waals surface area (Å²) >= 11 is 0. The average molecular weight is 677 g/mol. The molecule has 3 aromatic carbocycles. The van der Waals surface area contributed by atoms with Gasteiger partial charge in [-0.15, -0.1) is 0 Å². The van der Waals surface area contributed by atoms with Gasteiger partial charge in [-0.3, -0.25) is 23.9 Å². The van der Waals surface area contributed by atoms with E-state index in [0.29, 0.717) is 28.2 Å². The highest BCUT2D eigenvalue weighted by Crippen LogP contribution is 2.45. The van der Waals surface area contributed by atoms with Gasteiger partial charge in [0.1, 0.15) is 23.2 Å². The first-order valence-electron chi connectivity index (χ1n) is 15.2. The first-order chi connectivity index (χ1) is 23.5. The Morgan fingerprint density at radius 3 is 1.94 bits per heavy atom. The van der Waals surface area contributed by atoms with Crippen molar-refractivity contribution in [2.24, 2.45) is 0 Å². The lowest BCUT2D eigenvalue weighted by Gasteiger charge is -2.37. The number of methoxy groups -OCH3 is 3. The zero-order valence-corrected chi connectivity index (χ0v) is 26.9. The minimum Gasteiger partial charge on any atom is -0.497 e. The molecule has 0 spiro atoms. The molecule has 49 heavy (non-hydrogen) atoms. The van der Waals surface area contributed by atoms with Gasteiger partial charge < -0.3 is 38.6 Å². The molecule has 258 valence electrons. The number of H-pyrrole nitrogens is 1. The van der Waals surface area contributed by atoms with E-state index in [9.17, 15) is 24.3 Å². The van der Waals surface area contributed by atoms with Gasteiger partial charge >= 0.3 is 17.6 Å². The van der Waals surface area contributed by atoms with Crippen molar-refractivity contribution in [1.82, 2.24) is 9.55 Å². The maximum atomic E-state index is 12.9. The SMILES string of the molecule is COc1ccc(C(OC[C@H]2O[C@@H](n3ccc(=O)[nH]c3=O)[C@@](O)(OC)[C@@H]2OC(=O)CCC(=O)O)(c2ccccc2)c2ccc(OC)cc2)cc1. The van der Waals surface area contributed by atoms with Crippen molar-refractivity contribution in [3.05, 3.63) is 129 Å². The second-order valence-electron chi connectivity index (χ2n) is 11.1. The molecule has 0 unspecified atom stereocenters. The Kier molecular flexibility index (Phi) is 10.6. The Morgan fingerprint density at radius 1 is 0.857 bits per heavy atom. The third-order valence-corrected chi connectivity index (χ3v) is 8.27. The Labute approximate surface area is 280 Å². The fraction of sp³-hybridized carbons (Fsp3) is 0.314. The molecule has 2 heterocycles. The summed E-state index contributed by atoms with van der Waals surface area (Å²) in [5.41, 5.74) is -0.919. The van der Waals surface area contributed by atoms with Crippen LogP contribution in [0.4, 0.5) is 0 Å². The highest BCUT2D eigenvalue weighted by molar-refractivity contribution is 5.76. The van der Waals surface area contributed by atoms with Crippen molar-refractivity contribution in [3.63, 3.8) is 0 Å². The zero-order chi connectivity index (χ0) is 35.2. The van der Waals surface area contributed by atoms with E-state index in [1.165, 1.54) is 0 Å². The number of benzene rings is 3. The van der Waals surface area contributed by atoms with E-state index < -0.39 is 65.9 Å². The normalized spacial score (nSPS) is 20.4. The molecule has 5 rings (SSSR count). The van der Waals surface area contributed by atoms with Gasteiger partial charge in [-0.25, -0.2) is 4.79 Å². The summed E-state index contributed by atoms with van der Waals surface area (Å²) in [7, 11) is 4.23. The van der Waals surface area contributed by atoms with Crippen LogP contribution in [0, 0.1) is 0 Å². The third kappa shape index (κ3) is 7.12. The molecule has 1 fully saturated rings. The van der Waals surface area contributed by atoms with E-state index in [-0.39, 0.29) is 6.61 Å². The van der Waals surface area contributed by atoms with E-state index in [2.05, 4.69) is 4.98 Å². The number of hydrogen-bond acceptors (Lipinski definition) is 11. The Hall–Kier alpha value is -5.28. The van der Waals surface area contributed by atoms with E-state index in [0.717, 1.165) is 23.9 Å². The number of aromatic amines is 1. The lowest BCUT2D eigenvalue weighted by molar-refractivity contribution is -0.269. The number of aliphatic hydroxyl groups is 1. The average Bonchev–Trinajstić information content (AvgIpc) is 3.39. The first kappa shape index (κ1) is 35.0. The smallest absolute Gasteiger partial charge is 0.330 e. The van der Waals surface area contributed by atoms with E-state index in [1.807, 2.05) is 54.6 Å². The molecule has 4 aromatic rings. The summed E-state index contributed by atoms with van der Waals surface area (Å²) in [6.45, 7) is -0.371. The van der Waals surface area contributed by atoms with Crippen LogP contribution < -0.4 is 20.7 Å². The lowest BCUT2D eigenvalue weighted by Crippen LogP contribution is -2.52. The number of ether oxygens (including phenoxy) is 6. The van der Waals surface area contributed by atoms with Crippen molar-refractivity contribution >= 4 is 11.9 Å². The van der Waals surface area contributed by atoms with Crippen LogP contribution >= 0.6 is 0 Å². The molecule has 1 aliphatic heterocycles. The van der Waals surface area contributed by atoms with Crippen molar-refractivity contribution < 1.29 is 48.2 Å². The minimum absolute atomic E-state index is 0.371. The number of hydrogen-bond donors (Lipinski definition) is 3. The van der Waals surface area contributed by atoms with Crippen LogP contribution in [-0.2, 0) is 34.1 Å². The number of carboxylic acids is 1. The topological polar surface area (TPSA) is 185 Å². The van der Waals surface area contributed by atoms with Crippen LogP contribution in [0.15, 0.2) is 101 Å². The van der Waals surface area contributed by atoms with Gasteiger partial charge in [-0.1, -0.05) is 54.6 Å². The van der Waals surface area contributed by atoms with Crippen LogP contribution in [0.1, 0.15) is 35.8 Å². The maximum Gasteiger partial charge on any atom is 0.330 e. The number of esters is 1. The number of aromatic nitrogens is 2. The predicted octanol–water partition coefficient (Wildman–Crippen LogP) is 2.57. The summed E-state index contributed by atoms with van der Waals surface area (Å²) in [4.78, 5) is 50.9. The highest BCUT2D eigenvalue weighted by atomic mass is 16.7. The molecule has 3 N–H and O–H groups in total. The van der Waals surface area contributed by atoms with E-state index in [4.69, 9.17) is 33.5 Å². The summed E-state index contributed by atoms with van der Waals surface area (Å²) in [6.07, 6.45) is -4.53. The van der Waals surface area contributed by atoms with E-state index in [1.54, 1.807) is 38.5 Å². The third-order valence-electron chi connectivity index (χ3n) is 8.27. The van der Waals surface area contributed by atoms with E-state index >= 15 is 0 Å². The molecule has 1 aromatic heterocycles. The number of carbonyl (C=O) groups excluding carboxylic acids is 1. The molecular weight excluding hydrogens is 640 g/mol. The van der Waals surface area contributed by atoms with Gasteiger partial charge in [0.2, 0.25) is 0 Å². The number of aliphatic carboxylic acids is 1. The molecule has 4 atom stereocenters. The van der Waals surface area contributed by atoms with Crippen LogP contribution in [0.25, 0.3) is 0 Å². The van der Waals surface area contributed by atoms with Gasteiger partial charge in [-0.2, -0.15) is 0 Å². The van der Waals surface area contributed by atoms with Crippen LogP contribution in [0.3, 0.4) is 0 Å². The monoisotopic (exact) mass is 676 g/mol. The number of nitrogens with one attached hydrogen (secondary N) is 1. The van der Waals surface area contributed by atoms with Crippen molar-refractivity contribution in [2.75, 3.05) is 27.9 Å². The summed E-state index contributed by atoms with van der Waals surface area (Å²) in [6, 6.07) is 24.8. The highest BCUT2D eigenvalue weighted by Gasteiger charge is 2.61.